The maximum Gasteiger partial charge on any atom is 0.333 e. The summed E-state index contributed by atoms with van der Waals surface area (Å²) in [6.07, 6.45) is -0.711. The van der Waals surface area contributed by atoms with Crippen molar-refractivity contribution in [2.24, 2.45) is 5.16 Å². The third kappa shape index (κ3) is 5.43. The van der Waals surface area contributed by atoms with E-state index < -0.39 is 14.7 Å². The highest BCUT2D eigenvalue weighted by Gasteiger charge is 2.25. The van der Waals surface area contributed by atoms with E-state index >= 15 is 0 Å². The molecule has 0 aliphatic rings. The van der Waals surface area contributed by atoms with Crippen LogP contribution < -0.4 is 0 Å². The van der Waals surface area contributed by atoms with Crippen LogP contribution in [0.4, 0.5) is 0 Å². The maximum atomic E-state index is 8.84. The molecule has 1 atom stereocenters. The van der Waals surface area contributed by atoms with Gasteiger partial charge in [0, 0.05) is 0 Å². The summed E-state index contributed by atoms with van der Waals surface area (Å²) < 4.78 is 16.4. The Morgan fingerprint density at radius 2 is 1.84 bits per heavy atom. The Kier molecular flexibility index (Phi) is 7.94. The normalized spacial score (nSPS) is 13.8. The van der Waals surface area contributed by atoms with Crippen molar-refractivity contribution >= 4 is 25.4 Å². The summed E-state index contributed by atoms with van der Waals surface area (Å²) in [5, 5.41) is 11.8. The molecule has 0 bridgehead atoms. The zero-order chi connectivity index (χ0) is 14.1. The third-order valence-electron chi connectivity index (χ3n) is 2.07. The van der Waals surface area contributed by atoms with Gasteiger partial charge in [-0.3, -0.25) is 4.52 Å². The maximum absolute atomic E-state index is 8.84. The van der Waals surface area contributed by atoms with E-state index in [4.69, 9.17) is 30.4 Å². The smallest absolute Gasteiger partial charge is 0.333 e. The zero-order valence-electron chi connectivity index (χ0n) is 10.8. The minimum Gasteiger partial charge on any atom is -0.410 e. The lowest BCUT2D eigenvalue weighted by Gasteiger charge is -2.21. The molecule has 0 aromatic heterocycles. The molecule has 0 saturated heterocycles. The van der Waals surface area contributed by atoms with Gasteiger partial charge in [-0.05, 0) is 19.4 Å². The van der Waals surface area contributed by atoms with Crippen LogP contribution in [0.1, 0.15) is 25.5 Å². The van der Waals surface area contributed by atoms with Gasteiger partial charge in [0.25, 0.3) is 0 Å². The number of rotatable bonds is 8. The molecule has 106 valence electrons. The molecule has 1 rings (SSSR count). The van der Waals surface area contributed by atoms with Crippen molar-refractivity contribution in [1.82, 2.24) is 0 Å². The van der Waals surface area contributed by atoms with Crippen molar-refractivity contribution < 1.29 is 18.8 Å². The first-order chi connectivity index (χ1) is 9.22. The predicted molar refractivity (Wildman–Crippen MR) is 75.5 cm³/mol. The van der Waals surface area contributed by atoms with Crippen LogP contribution in [0.15, 0.2) is 35.5 Å². The van der Waals surface area contributed by atoms with Gasteiger partial charge in [0.15, 0.2) is 5.17 Å². The van der Waals surface area contributed by atoms with Crippen molar-refractivity contribution in [2.45, 2.75) is 20.0 Å². The predicted octanol–water partition coefficient (Wildman–Crippen LogP) is 4.07. The Bertz CT molecular complexity index is 385. The quantitative estimate of drug-likeness (QED) is 0.340. The molecular weight excluding hydrogens is 289 g/mol. The van der Waals surface area contributed by atoms with Crippen LogP contribution in [-0.4, -0.2) is 23.6 Å². The summed E-state index contributed by atoms with van der Waals surface area (Å²) in [5.74, 6) is 0. The minimum atomic E-state index is -1.54. The van der Waals surface area contributed by atoms with E-state index in [1.807, 2.05) is 44.2 Å². The summed E-state index contributed by atoms with van der Waals surface area (Å²) in [4.78, 5) is 0. The monoisotopic (exact) mass is 305 g/mol. The molecule has 1 N–H and O–H groups in total. The van der Waals surface area contributed by atoms with Gasteiger partial charge in [-0.15, -0.1) is 0 Å². The van der Waals surface area contributed by atoms with Gasteiger partial charge in [0.2, 0.25) is 0 Å². The molecule has 1 unspecified atom stereocenters. The van der Waals surface area contributed by atoms with Gasteiger partial charge in [0.1, 0.15) is 6.10 Å². The molecule has 0 heterocycles. The van der Waals surface area contributed by atoms with Gasteiger partial charge in [-0.2, -0.15) is 0 Å². The van der Waals surface area contributed by atoms with Crippen LogP contribution in [0, 0.1) is 0 Å². The second-order valence-corrected chi connectivity index (χ2v) is 4.94. The lowest BCUT2D eigenvalue weighted by atomic mass is 10.1. The van der Waals surface area contributed by atoms with Crippen LogP contribution >= 0.6 is 20.2 Å². The Balaban J connectivity index is 2.86. The average molecular weight is 306 g/mol. The zero-order valence-corrected chi connectivity index (χ0v) is 12.5. The van der Waals surface area contributed by atoms with Crippen molar-refractivity contribution in [3.63, 3.8) is 0 Å². The topological polar surface area (TPSA) is 60.3 Å². The highest BCUT2D eigenvalue weighted by Crippen LogP contribution is 2.45. The van der Waals surface area contributed by atoms with Crippen molar-refractivity contribution in [1.29, 1.82) is 0 Å². The molecule has 0 fully saturated rings. The lowest BCUT2D eigenvalue weighted by Crippen LogP contribution is -2.11. The van der Waals surface area contributed by atoms with E-state index in [0.29, 0.717) is 13.2 Å². The standard InChI is InChI=1S/C12H17ClNO4P/c1-3-16-19(17-4-2)18-11(12(13)14-15)10-8-6-5-7-9-10/h5-9,11,15H,3-4H2,1-2H3/b14-12-. The number of benzene rings is 1. The van der Waals surface area contributed by atoms with E-state index in [9.17, 15) is 0 Å². The summed E-state index contributed by atoms with van der Waals surface area (Å²) in [6.45, 7) is 4.61. The summed E-state index contributed by atoms with van der Waals surface area (Å²) in [5.41, 5.74) is 0.761. The fourth-order valence-corrected chi connectivity index (χ4v) is 2.56. The van der Waals surface area contributed by atoms with Crippen LogP contribution in [0.5, 0.6) is 0 Å². The largest absolute Gasteiger partial charge is 0.410 e. The Labute approximate surface area is 119 Å². The first-order valence-corrected chi connectivity index (χ1v) is 7.35. The van der Waals surface area contributed by atoms with Crippen LogP contribution in [0.2, 0.25) is 0 Å². The molecule has 0 aliphatic heterocycles. The minimum absolute atomic E-state index is 0.0712. The lowest BCUT2D eigenvalue weighted by molar-refractivity contribution is 0.152. The number of halogens is 1. The van der Waals surface area contributed by atoms with Gasteiger partial charge in [-0.1, -0.05) is 47.1 Å². The second-order valence-electron chi connectivity index (χ2n) is 3.38. The second kappa shape index (κ2) is 9.23. The first kappa shape index (κ1) is 16.3. The van der Waals surface area contributed by atoms with Crippen LogP contribution in [0.3, 0.4) is 0 Å². The summed E-state index contributed by atoms with van der Waals surface area (Å²) in [6, 6.07) is 9.21. The SMILES string of the molecule is CCOP(OCC)OC(/C(Cl)=N/O)c1ccccc1. The molecule has 0 amide bonds. The molecule has 0 saturated carbocycles. The summed E-state index contributed by atoms with van der Waals surface area (Å²) >= 11 is 5.88. The fraction of sp³-hybridized carbons (Fsp3) is 0.417. The highest BCUT2D eigenvalue weighted by atomic mass is 35.5. The molecule has 0 radical (unpaired) electrons. The van der Waals surface area contributed by atoms with E-state index in [0.717, 1.165) is 5.56 Å². The van der Waals surface area contributed by atoms with Gasteiger partial charge >= 0.3 is 8.60 Å². The van der Waals surface area contributed by atoms with Crippen molar-refractivity contribution in [2.75, 3.05) is 13.2 Å². The highest BCUT2D eigenvalue weighted by molar-refractivity contribution is 7.41. The number of nitrogens with zero attached hydrogens (tertiary/aromatic N) is 1. The Morgan fingerprint density at radius 1 is 1.26 bits per heavy atom. The first-order valence-electron chi connectivity index (χ1n) is 5.88. The van der Waals surface area contributed by atoms with Crippen LogP contribution in [-0.2, 0) is 13.6 Å². The van der Waals surface area contributed by atoms with Crippen LogP contribution in [0.25, 0.3) is 0 Å². The molecule has 0 spiro atoms. The van der Waals surface area contributed by atoms with E-state index in [1.54, 1.807) is 0 Å². The molecule has 1 aromatic carbocycles. The van der Waals surface area contributed by atoms with Crippen molar-refractivity contribution in [3.8, 4) is 0 Å². The van der Waals surface area contributed by atoms with Gasteiger partial charge in [0.05, 0.1) is 13.2 Å². The van der Waals surface area contributed by atoms with E-state index in [1.165, 1.54) is 0 Å². The summed E-state index contributed by atoms with van der Waals surface area (Å²) in [7, 11) is -1.54. The van der Waals surface area contributed by atoms with Gasteiger partial charge in [-0.25, -0.2) is 0 Å². The third-order valence-corrected chi connectivity index (χ3v) is 3.67. The molecule has 0 aliphatic carbocycles. The van der Waals surface area contributed by atoms with E-state index in [-0.39, 0.29) is 5.17 Å². The molecule has 1 aromatic rings. The molecule has 5 nitrogen and oxygen atoms in total. The molecular formula is C12H17ClNO4P. The van der Waals surface area contributed by atoms with Gasteiger partial charge < -0.3 is 14.3 Å². The molecule has 7 heteroatoms. The number of hydrogen-bond donors (Lipinski definition) is 1. The number of hydrogen-bond acceptors (Lipinski definition) is 5. The van der Waals surface area contributed by atoms with E-state index in [2.05, 4.69) is 5.16 Å². The fourth-order valence-electron chi connectivity index (χ4n) is 1.32. The average Bonchev–Trinajstić information content (AvgIpc) is 2.45. The molecule has 19 heavy (non-hydrogen) atoms. The Hall–Kier alpha value is -0.710. The van der Waals surface area contributed by atoms with Crippen molar-refractivity contribution in [3.05, 3.63) is 35.9 Å². The number of oxime groups is 1. The Morgan fingerprint density at radius 3 is 2.32 bits per heavy atom.